The zero-order valence-electron chi connectivity index (χ0n) is 16.6. The van der Waals surface area contributed by atoms with Gasteiger partial charge >= 0.3 is 6.18 Å². The molecule has 10 heteroatoms. The first kappa shape index (κ1) is 22.1. The number of hydrogen-bond donors (Lipinski definition) is 0. The SMILES string of the molecule is CN(C(=O)C1CCN(c2ccc(C(F)(F)F)cc2[N+](=O)[O-])CC1)c1cccc(C#N)c1. The summed E-state index contributed by atoms with van der Waals surface area (Å²) >= 11 is 0. The third-order valence-electron chi connectivity index (χ3n) is 5.38. The molecule has 0 saturated carbocycles. The van der Waals surface area contributed by atoms with Gasteiger partial charge in [-0.2, -0.15) is 18.4 Å². The molecule has 162 valence electrons. The van der Waals surface area contributed by atoms with E-state index in [1.165, 1.54) is 4.90 Å². The van der Waals surface area contributed by atoms with Crippen LogP contribution < -0.4 is 9.80 Å². The summed E-state index contributed by atoms with van der Waals surface area (Å²) in [6, 6.07) is 11.2. The second-order valence-electron chi connectivity index (χ2n) is 7.28. The number of carbonyl (C=O) groups is 1. The van der Waals surface area contributed by atoms with Gasteiger partial charge in [0, 0.05) is 37.8 Å². The number of amides is 1. The van der Waals surface area contributed by atoms with Crippen LogP contribution in [0, 0.1) is 27.4 Å². The van der Waals surface area contributed by atoms with Crippen LogP contribution in [0.3, 0.4) is 0 Å². The average Bonchev–Trinajstić information content (AvgIpc) is 2.77. The number of piperidine rings is 1. The number of nitro benzene ring substituents is 1. The Morgan fingerprint density at radius 2 is 1.90 bits per heavy atom. The second-order valence-corrected chi connectivity index (χ2v) is 7.28. The topological polar surface area (TPSA) is 90.5 Å². The Kier molecular flexibility index (Phi) is 6.15. The molecule has 1 saturated heterocycles. The molecule has 0 radical (unpaired) electrons. The first-order valence-corrected chi connectivity index (χ1v) is 9.50. The van der Waals surface area contributed by atoms with Gasteiger partial charge in [0.15, 0.2) is 0 Å². The number of hydrogen-bond acceptors (Lipinski definition) is 5. The second kappa shape index (κ2) is 8.63. The van der Waals surface area contributed by atoms with Gasteiger partial charge in [-0.1, -0.05) is 6.07 Å². The smallest absolute Gasteiger partial charge is 0.366 e. The molecule has 2 aromatic rings. The Morgan fingerprint density at radius 3 is 2.48 bits per heavy atom. The number of alkyl halides is 3. The molecule has 0 bridgehead atoms. The largest absolute Gasteiger partial charge is 0.416 e. The van der Waals surface area contributed by atoms with Crippen molar-refractivity contribution >= 4 is 23.0 Å². The van der Waals surface area contributed by atoms with Crippen molar-refractivity contribution in [2.75, 3.05) is 29.9 Å². The van der Waals surface area contributed by atoms with Crippen molar-refractivity contribution in [1.82, 2.24) is 0 Å². The summed E-state index contributed by atoms with van der Waals surface area (Å²) in [6.07, 6.45) is -3.87. The van der Waals surface area contributed by atoms with Crippen LogP contribution in [0.2, 0.25) is 0 Å². The fraction of sp³-hybridized carbons (Fsp3) is 0.333. The van der Waals surface area contributed by atoms with Crippen molar-refractivity contribution in [2.45, 2.75) is 19.0 Å². The van der Waals surface area contributed by atoms with Gasteiger partial charge in [0.25, 0.3) is 5.69 Å². The fourth-order valence-corrected chi connectivity index (χ4v) is 3.67. The molecule has 0 N–H and O–H groups in total. The lowest BCUT2D eigenvalue weighted by Gasteiger charge is -2.34. The maximum Gasteiger partial charge on any atom is 0.416 e. The Labute approximate surface area is 176 Å². The number of nitrogens with zero attached hydrogens (tertiary/aromatic N) is 4. The summed E-state index contributed by atoms with van der Waals surface area (Å²) < 4.78 is 38.7. The normalized spacial score (nSPS) is 14.7. The summed E-state index contributed by atoms with van der Waals surface area (Å²) in [5.74, 6) is -0.475. The van der Waals surface area contributed by atoms with Crippen molar-refractivity contribution in [3.63, 3.8) is 0 Å². The van der Waals surface area contributed by atoms with E-state index < -0.39 is 22.4 Å². The van der Waals surface area contributed by atoms with Gasteiger partial charge in [0.05, 0.1) is 22.1 Å². The van der Waals surface area contributed by atoms with E-state index in [0.29, 0.717) is 43.2 Å². The summed E-state index contributed by atoms with van der Waals surface area (Å²) in [5, 5.41) is 20.4. The Balaban J connectivity index is 1.72. The minimum absolute atomic E-state index is 0.110. The average molecular weight is 432 g/mol. The molecule has 7 nitrogen and oxygen atoms in total. The van der Waals surface area contributed by atoms with Gasteiger partial charge in [-0.15, -0.1) is 0 Å². The molecule has 31 heavy (non-hydrogen) atoms. The van der Waals surface area contributed by atoms with Crippen molar-refractivity contribution < 1.29 is 22.9 Å². The molecule has 1 fully saturated rings. The first-order chi connectivity index (χ1) is 14.6. The van der Waals surface area contributed by atoms with Crippen LogP contribution in [-0.2, 0) is 11.0 Å². The molecule has 1 aliphatic rings. The molecule has 2 aromatic carbocycles. The number of nitriles is 1. The molecule has 0 aromatic heterocycles. The molecule has 0 aliphatic carbocycles. The minimum atomic E-state index is -4.67. The molecule has 0 atom stereocenters. The Bertz CT molecular complexity index is 1040. The first-order valence-electron chi connectivity index (χ1n) is 9.50. The molecule has 0 unspecified atom stereocenters. The van der Waals surface area contributed by atoms with Crippen molar-refractivity contribution in [3.05, 3.63) is 63.7 Å². The van der Waals surface area contributed by atoms with Crippen molar-refractivity contribution in [2.24, 2.45) is 5.92 Å². The van der Waals surface area contributed by atoms with Gasteiger partial charge in [-0.25, -0.2) is 0 Å². The van der Waals surface area contributed by atoms with Crippen LogP contribution in [0.1, 0.15) is 24.0 Å². The maximum atomic E-state index is 12.9. The monoisotopic (exact) mass is 432 g/mol. The molecule has 1 heterocycles. The van der Waals surface area contributed by atoms with E-state index in [1.54, 1.807) is 36.2 Å². The van der Waals surface area contributed by atoms with E-state index in [-0.39, 0.29) is 17.5 Å². The summed E-state index contributed by atoms with van der Waals surface area (Å²) in [4.78, 5) is 26.5. The lowest BCUT2D eigenvalue weighted by Crippen LogP contribution is -2.41. The lowest BCUT2D eigenvalue weighted by atomic mass is 9.94. The predicted molar refractivity (Wildman–Crippen MR) is 108 cm³/mol. The van der Waals surface area contributed by atoms with Crippen LogP contribution in [-0.4, -0.2) is 31.0 Å². The van der Waals surface area contributed by atoms with Crippen LogP contribution in [0.5, 0.6) is 0 Å². The highest BCUT2D eigenvalue weighted by Crippen LogP contribution is 2.38. The van der Waals surface area contributed by atoms with E-state index in [0.717, 1.165) is 12.1 Å². The molecule has 1 aliphatic heterocycles. The lowest BCUT2D eigenvalue weighted by molar-refractivity contribution is -0.384. The van der Waals surface area contributed by atoms with E-state index >= 15 is 0 Å². The third-order valence-corrected chi connectivity index (χ3v) is 5.38. The molecule has 0 spiro atoms. The van der Waals surface area contributed by atoms with Crippen LogP contribution in [0.25, 0.3) is 0 Å². The van der Waals surface area contributed by atoms with Crippen LogP contribution in [0.15, 0.2) is 42.5 Å². The van der Waals surface area contributed by atoms with Gasteiger partial charge in [0.2, 0.25) is 5.91 Å². The zero-order chi connectivity index (χ0) is 22.8. The number of nitro groups is 1. The van der Waals surface area contributed by atoms with Crippen LogP contribution >= 0.6 is 0 Å². The minimum Gasteiger partial charge on any atom is -0.366 e. The molecular weight excluding hydrogens is 413 g/mol. The summed E-state index contributed by atoms with van der Waals surface area (Å²) in [7, 11) is 1.62. The van der Waals surface area contributed by atoms with E-state index in [9.17, 15) is 28.1 Å². The summed E-state index contributed by atoms with van der Waals surface area (Å²) in [6.45, 7) is 0.601. The van der Waals surface area contributed by atoms with Gasteiger partial charge in [-0.3, -0.25) is 14.9 Å². The van der Waals surface area contributed by atoms with E-state index in [4.69, 9.17) is 5.26 Å². The van der Waals surface area contributed by atoms with E-state index in [1.807, 2.05) is 6.07 Å². The highest BCUT2D eigenvalue weighted by Gasteiger charge is 2.35. The van der Waals surface area contributed by atoms with Crippen molar-refractivity contribution in [1.29, 1.82) is 5.26 Å². The Hall–Kier alpha value is -3.61. The number of rotatable bonds is 4. The standard InChI is InChI=1S/C21H19F3N4O3/c1-26(17-4-2-3-14(11-17)13-25)20(29)15-7-9-27(10-8-15)18-6-5-16(21(22,23)24)12-19(18)28(30)31/h2-6,11-12,15H,7-10H2,1H3. The number of benzene rings is 2. The maximum absolute atomic E-state index is 12.9. The number of carbonyl (C=O) groups excluding carboxylic acids is 1. The van der Waals surface area contributed by atoms with Crippen molar-refractivity contribution in [3.8, 4) is 6.07 Å². The highest BCUT2D eigenvalue weighted by molar-refractivity contribution is 5.94. The molecular formula is C21H19F3N4O3. The predicted octanol–water partition coefficient (Wildman–Crippen LogP) is 4.36. The number of halogens is 3. The van der Waals surface area contributed by atoms with Crippen LogP contribution in [0.4, 0.5) is 30.2 Å². The fourth-order valence-electron chi connectivity index (χ4n) is 3.67. The van der Waals surface area contributed by atoms with E-state index in [2.05, 4.69) is 0 Å². The molecule has 3 rings (SSSR count). The highest BCUT2D eigenvalue weighted by atomic mass is 19.4. The van der Waals surface area contributed by atoms with Gasteiger partial charge < -0.3 is 9.80 Å². The van der Waals surface area contributed by atoms with Gasteiger partial charge in [0.1, 0.15) is 5.69 Å². The quantitative estimate of drug-likeness (QED) is 0.529. The Morgan fingerprint density at radius 1 is 1.23 bits per heavy atom. The zero-order valence-corrected chi connectivity index (χ0v) is 16.6. The number of anilines is 2. The third kappa shape index (κ3) is 4.77. The summed E-state index contributed by atoms with van der Waals surface area (Å²) in [5.41, 5.74) is -0.551. The van der Waals surface area contributed by atoms with Gasteiger partial charge in [-0.05, 0) is 43.2 Å². The molecule has 1 amide bonds.